The molecule has 1 aromatic heterocycles. The molecule has 24 heavy (non-hydrogen) atoms. The van der Waals surface area contributed by atoms with Crippen LogP contribution in [0.3, 0.4) is 0 Å². The van der Waals surface area contributed by atoms with Crippen LogP contribution in [0, 0.1) is 0 Å². The van der Waals surface area contributed by atoms with Crippen LogP contribution in [0.4, 0.5) is 4.79 Å². The van der Waals surface area contributed by atoms with Crippen LogP contribution in [-0.4, -0.2) is 24.2 Å². The Balaban J connectivity index is 1.87. The first-order valence-electron chi connectivity index (χ1n) is 6.71. The van der Waals surface area contributed by atoms with Gasteiger partial charge in [-0.3, -0.25) is 14.9 Å². The van der Waals surface area contributed by atoms with Crippen LogP contribution >= 0.6 is 23.4 Å². The quantitative estimate of drug-likeness (QED) is 0.661. The molecule has 2 heterocycles. The zero-order valence-corrected chi connectivity index (χ0v) is 13.9. The molecule has 0 bridgehead atoms. The summed E-state index contributed by atoms with van der Waals surface area (Å²) >= 11 is 6.90. The summed E-state index contributed by atoms with van der Waals surface area (Å²) < 4.78 is 10.3. The van der Waals surface area contributed by atoms with Crippen LogP contribution in [0.15, 0.2) is 39.7 Å². The maximum absolute atomic E-state index is 11.5. The van der Waals surface area contributed by atoms with Crippen molar-refractivity contribution in [3.8, 4) is 11.3 Å². The second kappa shape index (κ2) is 6.54. The molecular formula is C16H10ClNO5S. The third-order valence-electron chi connectivity index (χ3n) is 3.20. The van der Waals surface area contributed by atoms with Gasteiger partial charge in [-0.15, -0.1) is 0 Å². The van der Waals surface area contributed by atoms with E-state index >= 15 is 0 Å². The summed E-state index contributed by atoms with van der Waals surface area (Å²) in [4.78, 5) is 34.4. The Bertz CT molecular complexity index is 886. The van der Waals surface area contributed by atoms with Gasteiger partial charge in [-0.1, -0.05) is 17.7 Å². The topological polar surface area (TPSA) is 85.6 Å². The largest absolute Gasteiger partial charge is 0.465 e. The highest BCUT2D eigenvalue weighted by molar-refractivity contribution is 8.18. The monoisotopic (exact) mass is 363 g/mol. The van der Waals surface area contributed by atoms with Crippen molar-refractivity contribution in [3.63, 3.8) is 0 Å². The number of carbonyl (C=O) groups is 3. The molecule has 8 heteroatoms. The second-order valence-electron chi connectivity index (χ2n) is 4.74. The highest BCUT2D eigenvalue weighted by atomic mass is 35.5. The average molecular weight is 364 g/mol. The number of esters is 1. The van der Waals surface area contributed by atoms with E-state index in [-0.39, 0.29) is 15.5 Å². The number of methoxy groups -OCH3 is 1. The summed E-state index contributed by atoms with van der Waals surface area (Å²) in [7, 11) is 1.28. The van der Waals surface area contributed by atoms with E-state index in [9.17, 15) is 14.4 Å². The van der Waals surface area contributed by atoms with Gasteiger partial charge in [-0.2, -0.15) is 0 Å². The van der Waals surface area contributed by atoms with Gasteiger partial charge in [-0.05, 0) is 36.0 Å². The molecule has 122 valence electrons. The van der Waals surface area contributed by atoms with Gasteiger partial charge in [0.05, 0.1) is 22.6 Å². The molecule has 1 aromatic carbocycles. The van der Waals surface area contributed by atoms with E-state index in [1.165, 1.54) is 13.2 Å². The molecule has 0 unspecified atom stereocenters. The standard InChI is InChI=1S/C16H10ClNO5S/c1-22-15(20)10-4-2-8(6-11(10)17)12-5-3-9(23-12)7-13-14(19)18-16(21)24-13/h2-7H,1H3,(H,18,19,21)/b13-7-. The number of hydrogen-bond acceptors (Lipinski definition) is 6. The molecule has 1 N–H and O–H groups in total. The minimum atomic E-state index is -0.523. The molecule has 1 aliphatic rings. The molecular weight excluding hydrogens is 354 g/mol. The first-order chi connectivity index (χ1) is 11.5. The molecule has 0 spiro atoms. The zero-order chi connectivity index (χ0) is 17.3. The Labute approximate surface area is 145 Å². The predicted molar refractivity (Wildman–Crippen MR) is 89.6 cm³/mol. The highest BCUT2D eigenvalue weighted by Crippen LogP contribution is 2.30. The molecule has 3 rings (SSSR count). The summed E-state index contributed by atoms with van der Waals surface area (Å²) in [5.74, 6) is -0.0424. The Hall–Kier alpha value is -2.51. The molecule has 6 nitrogen and oxygen atoms in total. The van der Waals surface area contributed by atoms with Crippen LogP contribution in [-0.2, 0) is 9.53 Å². The first kappa shape index (κ1) is 16.4. The minimum Gasteiger partial charge on any atom is -0.465 e. The predicted octanol–water partition coefficient (Wildman–Crippen LogP) is 3.71. The molecule has 2 amide bonds. The molecule has 1 aliphatic heterocycles. The van der Waals surface area contributed by atoms with Crippen molar-refractivity contribution in [2.24, 2.45) is 0 Å². The summed E-state index contributed by atoms with van der Waals surface area (Å²) in [6.45, 7) is 0. The first-order valence-corrected chi connectivity index (χ1v) is 7.90. The van der Waals surface area contributed by atoms with Gasteiger partial charge in [0.15, 0.2) is 0 Å². The fourth-order valence-corrected chi connectivity index (χ4v) is 3.00. The van der Waals surface area contributed by atoms with Crippen molar-refractivity contribution in [1.29, 1.82) is 0 Å². The molecule has 0 saturated carbocycles. The SMILES string of the molecule is COC(=O)c1ccc(-c2ccc(/C=C3\SC(=O)NC3=O)o2)cc1Cl. The number of amides is 2. The Morgan fingerprint density at radius 1 is 1.29 bits per heavy atom. The smallest absolute Gasteiger partial charge is 0.339 e. The fraction of sp³-hybridized carbons (Fsp3) is 0.0625. The van der Waals surface area contributed by atoms with Gasteiger partial charge in [0.25, 0.3) is 11.1 Å². The maximum Gasteiger partial charge on any atom is 0.339 e. The number of thioether (sulfide) groups is 1. The van der Waals surface area contributed by atoms with Crippen molar-refractivity contribution in [2.45, 2.75) is 0 Å². The number of hydrogen-bond donors (Lipinski definition) is 1. The number of furan rings is 1. The van der Waals surface area contributed by atoms with E-state index in [0.29, 0.717) is 17.1 Å². The summed E-state index contributed by atoms with van der Waals surface area (Å²) in [6.07, 6.45) is 1.48. The van der Waals surface area contributed by atoms with Gasteiger partial charge in [0.2, 0.25) is 0 Å². The summed E-state index contributed by atoms with van der Waals surface area (Å²) in [5.41, 5.74) is 0.922. The van der Waals surface area contributed by atoms with E-state index in [1.54, 1.807) is 30.3 Å². The van der Waals surface area contributed by atoms with Crippen molar-refractivity contribution >= 4 is 46.6 Å². The lowest BCUT2D eigenvalue weighted by molar-refractivity contribution is -0.115. The van der Waals surface area contributed by atoms with Gasteiger partial charge < -0.3 is 9.15 Å². The highest BCUT2D eigenvalue weighted by Gasteiger charge is 2.25. The second-order valence-corrected chi connectivity index (χ2v) is 6.16. The number of nitrogens with one attached hydrogen (secondary N) is 1. The van der Waals surface area contributed by atoms with Crippen LogP contribution < -0.4 is 5.32 Å². The number of benzene rings is 1. The molecule has 0 aliphatic carbocycles. The number of halogens is 1. The Morgan fingerprint density at radius 2 is 2.08 bits per heavy atom. The van der Waals surface area contributed by atoms with Gasteiger partial charge >= 0.3 is 5.97 Å². The lowest BCUT2D eigenvalue weighted by Gasteiger charge is -2.04. The Kier molecular flexibility index (Phi) is 4.46. The van der Waals surface area contributed by atoms with Crippen LogP contribution in [0.1, 0.15) is 16.1 Å². The normalized spacial score (nSPS) is 15.7. The molecule has 1 saturated heterocycles. The number of carbonyl (C=O) groups excluding carboxylic acids is 3. The van der Waals surface area contributed by atoms with E-state index in [4.69, 9.17) is 16.0 Å². The lowest BCUT2D eigenvalue weighted by Crippen LogP contribution is -2.17. The van der Waals surface area contributed by atoms with Crippen LogP contribution in [0.2, 0.25) is 5.02 Å². The van der Waals surface area contributed by atoms with Gasteiger partial charge in [-0.25, -0.2) is 4.79 Å². The van der Waals surface area contributed by atoms with E-state index in [2.05, 4.69) is 10.1 Å². The number of imide groups is 1. The third-order valence-corrected chi connectivity index (χ3v) is 4.32. The van der Waals surface area contributed by atoms with E-state index < -0.39 is 17.1 Å². The van der Waals surface area contributed by atoms with Crippen LogP contribution in [0.25, 0.3) is 17.4 Å². The molecule has 1 fully saturated rings. The number of rotatable bonds is 3. The Morgan fingerprint density at radius 3 is 2.71 bits per heavy atom. The minimum absolute atomic E-state index is 0.243. The van der Waals surface area contributed by atoms with Crippen molar-refractivity contribution in [3.05, 3.63) is 51.6 Å². The third kappa shape index (κ3) is 3.22. The van der Waals surface area contributed by atoms with E-state index in [1.807, 2.05) is 0 Å². The van der Waals surface area contributed by atoms with Gasteiger partial charge in [0, 0.05) is 11.6 Å². The van der Waals surface area contributed by atoms with Crippen molar-refractivity contribution < 1.29 is 23.5 Å². The van der Waals surface area contributed by atoms with E-state index in [0.717, 1.165) is 11.8 Å². The molecule has 0 radical (unpaired) electrons. The number of ether oxygens (including phenoxy) is 1. The van der Waals surface area contributed by atoms with Crippen molar-refractivity contribution in [1.82, 2.24) is 5.32 Å². The zero-order valence-electron chi connectivity index (χ0n) is 12.3. The fourth-order valence-electron chi connectivity index (χ4n) is 2.08. The summed E-state index contributed by atoms with van der Waals surface area (Å²) in [5, 5.41) is 2.00. The maximum atomic E-state index is 11.5. The van der Waals surface area contributed by atoms with Crippen molar-refractivity contribution in [2.75, 3.05) is 7.11 Å². The molecule has 0 atom stereocenters. The lowest BCUT2D eigenvalue weighted by atomic mass is 10.1. The molecule has 2 aromatic rings. The van der Waals surface area contributed by atoms with Gasteiger partial charge in [0.1, 0.15) is 11.5 Å². The summed E-state index contributed by atoms with van der Waals surface area (Å²) in [6, 6.07) is 8.18. The average Bonchev–Trinajstić information content (AvgIpc) is 3.13. The van der Waals surface area contributed by atoms with Crippen LogP contribution in [0.5, 0.6) is 0 Å².